The van der Waals surface area contributed by atoms with Crippen LogP contribution in [0.15, 0.2) is 4.79 Å². The monoisotopic (exact) mass is 168 g/mol. The molecule has 0 aromatic carbocycles. The summed E-state index contributed by atoms with van der Waals surface area (Å²) < 4.78 is 0. The van der Waals surface area contributed by atoms with E-state index in [0.717, 1.165) is 0 Å². The average Bonchev–Trinajstić information content (AvgIpc) is 1.99. The van der Waals surface area contributed by atoms with E-state index in [0.29, 0.717) is 17.2 Å². The molecule has 66 valence electrons. The van der Waals surface area contributed by atoms with Crippen molar-refractivity contribution in [1.82, 2.24) is 9.97 Å². The Kier molecular flexibility index (Phi) is 2.14. The summed E-state index contributed by atoms with van der Waals surface area (Å²) in [6.07, 6.45) is 0. The quantitative estimate of drug-likeness (QED) is 0.446. The van der Waals surface area contributed by atoms with E-state index < -0.39 is 0 Å². The maximum absolute atomic E-state index is 11.2. The first-order valence-corrected chi connectivity index (χ1v) is 3.58. The van der Waals surface area contributed by atoms with Gasteiger partial charge in [0.25, 0.3) is 5.56 Å². The minimum absolute atomic E-state index is 0.144. The number of H-pyrrole nitrogens is 1. The third kappa shape index (κ3) is 1.45. The summed E-state index contributed by atoms with van der Waals surface area (Å²) in [6.45, 7) is 3.50. The van der Waals surface area contributed by atoms with Crippen molar-refractivity contribution < 1.29 is 0 Å². The number of nitrogens with zero attached hydrogens (tertiary/aromatic N) is 2. The molecule has 1 heterocycles. The Morgan fingerprint density at radius 1 is 1.50 bits per heavy atom. The van der Waals surface area contributed by atoms with E-state index in [1.165, 1.54) is 5.01 Å². The molecule has 0 amide bonds. The van der Waals surface area contributed by atoms with Crippen molar-refractivity contribution in [3.8, 4) is 0 Å². The summed E-state index contributed by atoms with van der Waals surface area (Å²) in [5.74, 6) is 5.78. The van der Waals surface area contributed by atoms with Gasteiger partial charge in [0.2, 0.25) is 5.95 Å². The van der Waals surface area contributed by atoms with Crippen LogP contribution in [0.5, 0.6) is 0 Å². The summed E-state index contributed by atoms with van der Waals surface area (Å²) in [5, 5.41) is 1.27. The van der Waals surface area contributed by atoms with E-state index in [2.05, 4.69) is 9.97 Å². The number of aromatic amines is 1. The zero-order chi connectivity index (χ0) is 9.30. The molecule has 0 radical (unpaired) electrons. The first-order chi connectivity index (χ1) is 5.52. The lowest BCUT2D eigenvalue weighted by molar-refractivity contribution is 0.894. The predicted molar refractivity (Wildman–Crippen MR) is 46.9 cm³/mol. The van der Waals surface area contributed by atoms with Crippen LogP contribution in [0.1, 0.15) is 11.3 Å². The van der Waals surface area contributed by atoms with Crippen LogP contribution >= 0.6 is 0 Å². The number of rotatable bonds is 1. The molecule has 5 nitrogen and oxygen atoms in total. The average molecular weight is 168 g/mol. The van der Waals surface area contributed by atoms with Crippen LogP contribution in [0.3, 0.4) is 0 Å². The third-order valence-electron chi connectivity index (χ3n) is 1.72. The second-order valence-electron chi connectivity index (χ2n) is 2.71. The number of hydrogen-bond donors (Lipinski definition) is 2. The normalized spacial score (nSPS) is 10.0. The molecular weight excluding hydrogens is 156 g/mol. The second-order valence-corrected chi connectivity index (χ2v) is 2.71. The van der Waals surface area contributed by atoms with Crippen LogP contribution in [0.4, 0.5) is 5.95 Å². The van der Waals surface area contributed by atoms with Gasteiger partial charge in [0.05, 0.1) is 0 Å². The van der Waals surface area contributed by atoms with Crippen LogP contribution in [-0.2, 0) is 0 Å². The first kappa shape index (κ1) is 8.73. The summed E-state index contributed by atoms with van der Waals surface area (Å²) in [4.78, 5) is 17.8. The van der Waals surface area contributed by atoms with Gasteiger partial charge in [-0.15, -0.1) is 0 Å². The highest BCUT2D eigenvalue weighted by molar-refractivity contribution is 5.29. The topological polar surface area (TPSA) is 75.0 Å². The summed E-state index contributed by atoms with van der Waals surface area (Å²) in [5.41, 5.74) is 1.18. The lowest BCUT2D eigenvalue weighted by Crippen LogP contribution is -2.30. The fourth-order valence-electron chi connectivity index (χ4n) is 0.797. The van der Waals surface area contributed by atoms with Crippen molar-refractivity contribution in [3.63, 3.8) is 0 Å². The SMILES string of the molecule is Cc1nc(N(C)N)[nH]c(=O)c1C. The Morgan fingerprint density at radius 3 is 2.50 bits per heavy atom. The highest BCUT2D eigenvalue weighted by Crippen LogP contribution is 2.01. The molecule has 0 fully saturated rings. The lowest BCUT2D eigenvalue weighted by atomic mass is 10.3. The maximum atomic E-state index is 11.2. The molecule has 0 aliphatic carbocycles. The van der Waals surface area contributed by atoms with Gasteiger partial charge in [0.1, 0.15) is 0 Å². The molecule has 0 saturated heterocycles. The number of nitrogens with two attached hydrogens (primary N) is 1. The molecule has 0 bridgehead atoms. The van der Waals surface area contributed by atoms with Crippen molar-refractivity contribution in [2.45, 2.75) is 13.8 Å². The van der Waals surface area contributed by atoms with Gasteiger partial charge in [-0.2, -0.15) is 0 Å². The molecule has 0 unspecified atom stereocenters. The van der Waals surface area contributed by atoms with E-state index >= 15 is 0 Å². The van der Waals surface area contributed by atoms with Crippen molar-refractivity contribution in [2.24, 2.45) is 5.84 Å². The smallest absolute Gasteiger partial charge is 0.255 e. The maximum Gasteiger partial charge on any atom is 0.255 e. The number of aryl methyl sites for hydroxylation is 1. The van der Waals surface area contributed by atoms with Crippen LogP contribution < -0.4 is 16.4 Å². The minimum Gasteiger partial charge on any atom is -0.291 e. The Bertz CT molecular complexity index is 342. The molecule has 0 aliphatic heterocycles. The first-order valence-electron chi connectivity index (χ1n) is 3.58. The zero-order valence-electron chi connectivity index (χ0n) is 7.38. The predicted octanol–water partition coefficient (Wildman–Crippen LogP) is -0.303. The zero-order valence-corrected chi connectivity index (χ0v) is 7.38. The van der Waals surface area contributed by atoms with Gasteiger partial charge in [-0.1, -0.05) is 0 Å². The molecule has 0 aliphatic rings. The van der Waals surface area contributed by atoms with Gasteiger partial charge < -0.3 is 0 Å². The van der Waals surface area contributed by atoms with Crippen LogP contribution in [0, 0.1) is 13.8 Å². The Balaban J connectivity index is 3.31. The Morgan fingerprint density at radius 2 is 2.08 bits per heavy atom. The van der Waals surface area contributed by atoms with E-state index in [1.54, 1.807) is 20.9 Å². The fraction of sp³-hybridized carbons (Fsp3) is 0.429. The summed E-state index contributed by atoms with van der Waals surface area (Å²) >= 11 is 0. The van der Waals surface area contributed by atoms with Crippen molar-refractivity contribution in [1.29, 1.82) is 0 Å². The minimum atomic E-state index is -0.144. The summed E-state index contributed by atoms with van der Waals surface area (Å²) in [6, 6.07) is 0. The second kappa shape index (κ2) is 2.94. The highest BCUT2D eigenvalue weighted by Gasteiger charge is 2.04. The lowest BCUT2D eigenvalue weighted by Gasteiger charge is -2.10. The molecule has 0 atom stereocenters. The van der Waals surface area contributed by atoms with Gasteiger partial charge in [-0.25, -0.2) is 10.8 Å². The number of aromatic nitrogens is 2. The molecule has 12 heavy (non-hydrogen) atoms. The van der Waals surface area contributed by atoms with Gasteiger partial charge in [-0.3, -0.25) is 14.8 Å². The molecule has 1 rings (SSSR count). The molecule has 5 heteroatoms. The molecular formula is C7H12N4O. The van der Waals surface area contributed by atoms with Crippen LogP contribution in [0.25, 0.3) is 0 Å². The largest absolute Gasteiger partial charge is 0.291 e. The van der Waals surface area contributed by atoms with Gasteiger partial charge in [-0.05, 0) is 13.8 Å². The van der Waals surface area contributed by atoms with Gasteiger partial charge >= 0.3 is 0 Å². The standard InChI is InChI=1S/C7H12N4O/c1-4-5(2)9-7(11(3)8)10-6(4)12/h8H2,1-3H3,(H,9,10,12). The number of hydrazine groups is 1. The van der Waals surface area contributed by atoms with Crippen molar-refractivity contribution >= 4 is 5.95 Å². The third-order valence-corrected chi connectivity index (χ3v) is 1.72. The molecule has 1 aromatic rings. The fourth-order valence-corrected chi connectivity index (χ4v) is 0.797. The Hall–Kier alpha value is -1.36. The summed E-state index contributed by atoms with van der Waals surface area (Å²) in [7, 11) is 1.62. The Labute approximate surface area is 70.2 Å². The highest BCUT2D eigenvalue weighted by atomic mass is 16.1. The van der Waals surface area contributed by atoms with Gasteiger partial charge in [0.15, 0.2) is 0 Å². The molecule has 3 N–H and O–H groups in total. The number of nitrogens with one attached hydrogen (secondary N) is 1. The van der Waals surface area contributed by atoms with E-state index in [4.69, 9.17) is 5.84 Å². The van der Waals surface area contributed by atoms with Crippen molar-refractivity contribution in [2.75, 3.05) is 12.1 Å². The molecule has 0 spiro atoms. The van der Waals surface area contributed by atoms with Crippen LogP contribution in [-0.4, -0.2) is 17.0 Å². The van der Waals surface area contributed by atoms with Crippen LogP contribution in [0.2, 0.25) is 0 Å². The van der Waals surface area contributed by atoms with Crippen molar-refractivity contribution in [3.05, 3.63) is 21.6 Å². The molecule has 0 saturated carbocycles. The van der Waals surface area contributed by atoms with Gasteiger partial charge in [0, 0.05) is 18.3 Å². The van der Waals surface area contributed by atoms with E-state index in [1.807, 2.05) is 0 Å². The van der Waals surface area contributed by atoms with E-state index in [9.17, 15) is 4.79 Å². The number of anilines is 1. The van der Waals surface area contributed by atoms with E-state index in [-0.39, 0.29) is 5.56 Å². The number of hydrogen-bond acceptors (Lipinski definition) is 4. The molecule has 1 aromatic heterocycles.